The van der Waals surface area contributed by atoms with E-state index in [-0.39, 0.29) is 16.5 Å². The van der Waals surface area contributed by atoms with Gasteiger partial charge in [0.05, 0.1) is 8.81 Å². The minimum atomic E-state index is -3.67. The van der Waals surface area contributed by atoms with Crippen molar-refractivity contribution in [1.82, 2.24) is 4.31 Å². The number of hydrogen-bond donors (Lipinski definition) is 0. The van der Waals surface area contributed by atoms with Crippen LogP contribution in [-0.4, -0.2) is 19.8 Å². The minimum Gasteiger partial charge on any atom is -0.207 e. The van der Waals surface area contributed by atoms with E-state index in [4.69, 9.17) is 23.2 Å². The Morgan fingerprint density at radius 3 is 2.60 bits per heavy atom. The Labute approximate surface area is 140 Å². The van der Waals surface area contributed by atoms with Crippen LogP contribution in [0.25, 0.3) is 0 Å². The van der Waals surface area contributed by atoms with E-state index in [1.807, 2.05) is 11.4 Å². The van der Waals surface area contributed by atoms with Gasteiger partial charge in [-0.05, 0) is 51.1 Å². The first-order chi connectivity index (χ1) is 9.30. The summed E-state index contributed by atoms with van der Waals surface area (Å²) in [5, 5.41) is 2.39. The van der Waals surface area contributed by atoms with Crippen LogP contribution in [0.4, 0.5) is 0 Å². The van der Waals surface area contributed by atoms with Crippen LogP contribution < -0.4 is 0 Å². The third kappa shape index (κ3) is 3.55. The number of nitrogens with zero attached hydrogens (tertiary/aromatic N) is 1. The summed E-state index contributed by atoms with van der Waals surface area (Å²) in [7, 11) is -2.16. The molecule has 0 aliphatic rings. The molecule has 0 amide bonds. The minimum absolute atomic E-state index is 0.0171. The summed E-state index contributed by atoms with van der Waals surface area (Å²) in [5.41, 5.74) is 0.908. The second-order valence-electron chi connectivity index (χ2n) is 4.09. The molecule has 8 heteroatoms. The molecule has 0 saturated heterocycles. The molecule has 3 nitrogen and oxygen atoms in total. The fraction of sp³-hybridized carbons (Fsp3) is 0.167. The molecule has 1 aromatic heterocycles. The topological polar surface area (TPSA) is 37.4 Å². The van der Waals surface area contributed by atoms with Crippen molar-refractivity contribution >= 4 is 60.5 Å². The lowest BCUT2D eigenvalue weighted by molar-refractivity contribution is 0.467. The summed E-state index contributed by atoms with van der Waals surface area (Å²) >= 11 is 16.7. The normalized spacial score (nSPS) is 12.1. The molecular weight excluding hydrogens is 405 g/mol. The van der Waals surface area contributed by atoms with Gasteiger partial charge in [-0.1, -0.05) is 23.2 Å². The summed E-state index contributed by atoms with van der Waals surface area (Å²) in [6, 6.07) is 6.28. The van der Waals surface area contributed by atoms with Crippen LogP contribution in [0.2, 0.25) is 10.0 Å². The zero-order valence-corrected chi connectivity index (χ0v) is 15.0. The van der Waals surface area contributed by atoms with Gasteiger partial charge in [-0.3, -0.25) is 0 Å². The van der Waals surface area contributed by atoms with Crippen molar-refractivity contribution in [1.29, 1.82) is 0 Å². The van der Waals surface area contributed by atoms with E-state index in [2.05, 4.69) is 15.9 Å². The molecule has 2 rings (SSSR count). The van der Waals surface area contributed by atoms with E-state index in [0.29, 0.717) is 5.02 Å². The predicted molar refractivity (Wildman–Crippen MR) is 87.1 cm³/mol. The maximum atomic E-state index is 12.5. The van der Waals surface area contributed by atoms with Crippen molar-refractivity contribution in [2.24, 2.45) is 0 Å². The number of halogens is 3. The molecule has 0 bridgehead atoms. The van der Waals surface area contributed by atoms with E-state index >= 15 is 0 Å². The molecule has 1 heterocycles. The van der Waals surface area contributed by atoms with Crippen molar-refractivity contribution in [3.63, 3.8) is 0 Å². The first-order valence-electron chi connectivity index (χ1n) is 5.45. The highest BCUT2D eigenvalue weighted by Crippen LogP contribution is 2.29. The fourth-order valence-electron chi connectivity index (χ4n) is 1.61. The Hall–Kier alpha value is -0.110. The van der Waals surface area contributed by atoms with Crippen LogP contribution in [0.3, 0.4) is 0 Å². The SMILES string of the molecule is CN(Cc1csc(Br)c1)S(=O)(=O)c1cc(Cl)ccc1Cl. The number of sulfonamides is 1. The smallest absolute Gasteiger partial charge is 0.207 e. The Morgan fingerprint density at radius 2 is 2.00 bits per heavy atom. The van der Waals surface area contributed by atoms with E-state index in [1.165, 1.54) is 34.8 Å². The van der Waals surface area contributed by atoms with E-state index in [9.17, 15) is 8.42 Å². The van der Waals surface area contributed by atoms with Gasteiger partial charge in [0.1, 0.15) is 4.90 Å². The first-order valence-corrected chi connectivity index (χ1v) is 9.32. The summed E-state index contributed by atoms with van der Waals surface area (Å²) in [6.07, 6.45) is 0. The Morgan fingerprint density at radius 1 is 1.30 bits per heavy atom. The van der Waals surface area contributed by atoms with Crippen LogP contribution in [0, 0.1) is 0 Å². The third-order valence-corrected chi connectivity index (χ3v) is 6.68. The van der Waals surface area contributed by atoms with Gasteiger partial charge in [-0.15, -0.1) is 11.3 Å². The van der Waals surface area contributed by atoms with Crippen molar-refractivity contribution in [2.75, 3.05) is 7.05 Å². The molecule has 0 N–H and O–H groups in total. The zero-order chi connectivity index (χ0) is 14.9. The van der Waals surface area contributed by atoms with Crippen LogP contribution >= 0.6 is 50.5 Å². The molecule has 0 unspecified atom stereocenters. The second-order valence-corrected chi connectivity index (χ2v) is 9.24. The molecule has 20 heavy (non-hydrogen) atoms. The van der Waals surface area contributed by atoms with Gasteiger partial charge in [-0.25, -0.2) is 8.42 Å². The molecule has 0 saturated carbocycles. The lowest BCUT2D eigenvalue weighted by Gasteiger charge is -2.17. The maximum absolute atomic E-state index is 12.5. The highest BCUT2D eigenvalue weighted by molar-refractivity contribution is 9.11. The average molecular weight is 415 g/mol. The molecule has 0 aliphatic carbocycles. The van der Waals surface area contributed by atoms with Crippen LogP contribution in [0.5, 0.6) is 0 Å². The van der Waals surface area contributed by atoms with E-state index in [0.717, 1.165) is 9.35 Å². The molecule has 0 aliphatic heterocycles. The number of thiophene rings is 1. The molecule has 1 aromatic carbocycles. The summed E-state index contributed by atoms with van der Waals surface area (Å²) < 4.78 is 27.2. The van der Waals surface area contributed by atoms with Gasteiger partial charge in [0, 0.05) is 18.6 Å². The number of hydrogen-bond acceptors (Lipinski definition) is 3. The highest BCUT2D eigenvalue weighted by atomic mass is 79.9. The quantitative estimate of drug-likeness (QED) is 0.730. The van der Waals surface area contributed by atoms with Crippen LogP contribution in [0.15, 0.2) is 38.3 Å². The average Bonchev–Trinajstić information content (AvgIpc) is 2.77. The fourth-order valence-corrected chi connectivity index (χ4v) is 4.71. The zero-order valence-electron chi connectivity index (χ0n) is 10.3. The van der Waals surface area contributed by atoms with Crippen molar-refractivity contribution in [2.45, 2.75) is 11.4 Å². The maximum Gasteiger partial charge on any atom is 0.244 e. The van der Waals surface area contributed by atoms with Crippen molar-refractivity contribution < 1.29 is 8.42 Å². The van der Waals surface area contributed by atoms with Crippen molar-refractivity contribution in [3.8, 4) is 0 Å². The third-order valence-electron chi connectivity index (χ3n) is 2.61. The lowest BCUT2D eigenvalue weighted by atomic mass is 10.3. The van der Waals surface area contributed by atoms with Gasteiger partial charge in [0.15, 0.2) is 0 Å². The number of benzene rings is 1. The lowest BCUT2D eigenvalue weighted by Crippen LogP contribution is -2.26. The largest absolute Gasteiger partial charge is 0.244 e. The summed E-state index contributed by atoms with van der Waals surface area (Å²) in [4.78, 5) is 0.0171. The van der Waals surface area contributed by atoms with Gasteiger partial charge < -0.3 is 0 Å². The van der Waals surface area contributed by atoms with Crippen molar-refractivity contribution in [3.05, 3.63) is 49.0 Å². The molecule has 0 radical (unpaired) electrons. The Bertz CT molecular complexity index is 731. The Kier molecular flexibility index (Phi) is 5.15. The van der Waals surface area contributed by atoms with Gasteiger partial charge in [0.25, 0.3) is 0 Å². The summed E-state index contributed by atoms with van der Waals surface area (Å²) in [5.74, 6) is 0. The standard InChI is InChI=1S/C12H10BrCl2NO2S2/c1-16(6-8-4-12(13)19-7-8)20(17,18)11-5-9(14)2-3-10(11)15/h2-5,7H,6H2,1H3. The predicted octanol–water partition coefficient (Wildman–Crippen LogP) is 4.64. The van der Waals surface area contributed by atoms with E-state index < -0.39 is 10.0 Å². The van der Waals surface area contributed by atoms with Crippen LogP contribution in [0.1, 0.15) is 5.56 Å². The van der Waals surface area contributed by atoms with Gasteiger partial charge >= 0.3 is 0 Å². The molecule has 0 spiro atoms. The molecule has 108 valence electrons. The molecular formula is C12H10BrCl2NO2S2. The number of rotatable bonds is 4. The van der Waals surface area contributed by atoms with Gasteiger partial charge in [0.2, 0.25) is 10.0 Å². The molecule has 2 aromatic rings. The first kappa shape index (κ1) is 16.3. The summed E-state index contributed by atoms with van der Waals surface area (Å²) in [6.45, 7) is 0.271. The molecule has 0 atom stereocenters. The monoisotopic (exact) mass is 413 g/mol. The van der Waals surface area contributed by atoms with E-state index in [1.54, 1.807) is 6.07 Å². The van der Waals surface area contributed by atoms with Gasteiger partial charge in [-0.2, -0.15) is 4.31 Å². The highest BCUT2D eigenvalue weighted by Gasteiger charge is 2.24. The second kappa shape index (κ2) is 6.34. The van der Waals surface area contributed by atoms with Crippen LogP contribution in [-0.2, 0) is 16.6 Å². The Balaban J connectivity index is 2.32. The molecule has 0 fully saturated rings.